The molecule has 1 aromatic carbocycles. The third kappa shape index (κ3) is 3.28. The summed E-state index contributed by atoms with van der Waals surface area (Å²) in [5.74, 6) is -1.70. The molecule has 1 N–H and O–H groups in total. The van der Waals surface area contributed by atoms with E-state index in [-0.39, 0.29) is 0 Å². The average molecular weight is 307 g/mol. The molecule has 3 aromatic rings. The van der Waals surface area contributed by atoms with Gasteiger partial charge in [0.1, 0.15) is 0 Å². The van der Waals surface area contributed by atoms with Crippen molar-refractivity contribution in [1.29, 1.82) is 0 Å². The van der Waals surface area contributed by atoms with Crippen LogP contribution in [0.15, 0.2) is 35.3 Å². The van der Waals surface area contributed by atoms with Crippen LogP contribution in [-0.4, -0.2) is 22.6 Å². The van der Waals surface area contributed by atoms with Crippen molar-refractivity contribution in [3.63, 3.8) is 0 Å². The number of hydrogen-bond acceptors (Lipinski definition) is 3. The summed E-state index contributed by atoms with van der Waals surface area (Å²) in [4.78, 5) is 4.09. The van der Waals surface area contributed by atoms with Gasteiger partial charge >= 0.3 is 0 Å². The Bertz CT molecular complexity index is 722. The normalized spacial score (nSPS) is 11.3. The number of benzene rings is 1. The quantitative estimate of drug-likeness (QED) is 0.709. The highest BCUT2D eigenvalue weighted by Gasteiger charge is 2.08. The molecule has 0 bridgehead atoms. The van der Waals surface area contributed by atoms with E-state index < -0.39 is 11.6 Å². The molecular weight excluding hydrogens is 292 g/mol. The molecule has 6 heteroatoms. The molecular formula is C15H15F2N3S. The lowest BCUT2D eigenvalue weighted by molar-refractivity contribution is 0.510. The summed E-state index contributed by atoms with van der Waals surface area (Å²) in [6, 6.07) is 4.45. The number of halogens is 2. The molecule has 0 aliphatic carbocycles. The lowest BCUT2D eigenvalue weighted by Crippen LogP contribution is -2.22. The van der Waals surface area contributed by atoms with Gasteiger partial charge in [-0.2, -0.15) is 11.3 Å². The van der Waals surface area contributed by atoms with Crippen LogP contribution in [0.5, 0.6) is 0 Å². The van der Waals surface area contributed by atoms with E-state index in [1.807, 2.05) is 4.57 Å². The molecule has 0 amide bonds. The van der Waals surface area contributed by atoms with Crippen molar-refractivity contribution in [2.24, 2.45) is 0 Å². The highest BCUT2D eigenvalue weighted by atomic mass is 32.1. The third-order valence-corrected chi connectivity index (χ3v) is 4.10. The summed E-state index contributed by atoms with van der Waals surface area (Å²) in [7, 11) is 0. The average Bonchev–Trinajstić information content (AvgIpc) is 3.10. The van der Waals surface area contributed by atoms with Crippen LogP contribution in [0.1, 0.15) is 5.56 Å². The first-order valence-corrected chi connectivity index (χ1v) is 7.70. The minimum absolute atomic E-state index is 0.479. The Morgan fingerprint density at radius 2 is 2.05 bits per heavy atom. The van der Waals surface area contributed by atoms with E-state index in [2.05, 4.69) is 27.1 Å². The Kier molecular flexibility index (Phi) is 4.26. The SMILES string of the molecule is Fc1cc2ncn(CCNCCc3ccsc3)c2cc1F. The molecule has 0 fully saturated rings. The molecule has 21 heavy (non-hydrogen) atoms. The van der Waals surface area contributed by atoms with Gasteiger partial charge in [-0.05, 0) is 35.4 Å². The van der Waals surface area contributed by atoms with Crippen molar-refractivity contribution in [3.8, 4) is 0 Å². The first kappa shape index (κ1) is 14.2. The van der Waals surface area contributed by atoms with Gasteiger partial charge in [-0.25, -0.2) is 13.8 Å². The zero-order valence-electron chi connectivity index (χ0n) is 11.4. The zero-order chi connectivity index (χ0) is 14.7. The Morgan fingerprint density at radius 3 is 2.86 bits per heavy atom. The minimum Gasteiger partial charge on any atom is -0.329 e. The lowest BCUT2D eigenvalue weighted by Gasteiger charge is -2.06. The number of thiophene rings is 1. The van der Waals surface area contributed by atoms with Crippen LogP contribution in [0.25, 0.3) is 11.0 Å². The number of nitrogens with zero attached hydrogens (tertiary/aromatic N) is 2. The third-order valence-electron chi connectivity index (χ3n) is 3.36. The number of nitrogens with one attached hydrogen (secondary N) is 1. The Balaban J connectivity index is 1.54. The van der Waals surface area contributed by atoms with Gasteiger partial charge in [0.2, 0.25) is 0 Å². The summed E-state index contributed by atoms with van der Waals surface area (Å²) in [5, 5.41) is 7.55. The molecule has 3 rings (SSSR count). The van der Waals surface area contributed by atoms with E-state index in [0.717, 1.165) is 25.6 Å². The van der Waals surface area contributed by atoms with E-state index >= 15 is 0 Å². The predicted octanol–water partition coefficient (Wildman–Crippen LogP) is 3.21. The second-order valence-electron chi connectivity index (χ2n) is 4.82. The van der Waals surface area contributed by atoms with Crippen LogP contribution < -0.4 is 5.32 Å². The number of imidazole rings is 1. The molecule has 0 saturated heterocycles. The lowest BCUT2D eigenvalue weighted by atomic mass is 10.2. The summed E-state index contributed by atoms with van der Waals surface area (Å²) in [6.07, 6.45) is 2.61. The van der Waals surface area contributed by atoms with Crippen molar-refractivity contribution >= 4 is 22.4 Å². The Morgan fingerprint density at radius 1 is 1.19 bits per heavy atom. The highest BCUT2D eigenvalue weighted by Crippen LogP contribution is 2.17. The molecule has 2 aromatic heterocycles. The number of rotatable bonds is 6. The van der Waals surface area contributed by atoms with Crippen molar-refractivity contribution in [2.75, 3.05) is 13.1 Å². The molecule has 2 heterocycles. The first-order valence-electron chi connectivity index (χ1n) is 6.76. The maximum absolute atomic E-state index is 13.3. The van der Waals surface area contributed by atoms with Crippen molar-refractivity contribution in [1.82, 2.24) is 14.9 Å². The first-order chi connectivity index (χ1) is 10.2. The Hall–Kier alpha value is -1.79. The fraction of sp³-hybridized carbons (Fsp3) is 0.267. The molecule has 0 aliphatic rings. The summed E-state index contributed by atoms with van der Waals surface area (Å²) < 4.78 is 28.2. The van der Waals surface area contributed by atoms with Crippen LogP contribution in [0.4, 0.5) is 8.78 Å². The van der Waals surface area contributed by atoms with Gasteiger partial charge in [0.15, 0.2) is 11.6 Å². The molecule has 110 valence electrons. The van der Waals surface area contributed by atoms with E-state index in [4.69, 9.17) is 0 Å². The molecule has 0 spiro atoms. The summed E-state index contributed by atoms with van der Waals surface area (Å²) in [6.45, 7) is 2.33. The topological polar surface area (TPSA) is 29.9 Å². The van der Waals surface area contributed by atoms with Crippen LogP contribution in [0.3, 0.4) is 0 Å². The molecule has 0 saturated carbocycles. The predicted molar refractivity (Wildman–Crippen MR) is 80.5 cm³/mol. The zero-order valence-corrected chi connectivity index (χ0v) is 12.2. The van der Waals surface area contributed by atoms with Crippen LogP contribution in [0, 0.1) is 11.6 Å². The second kappa shape index (κ2) is 6.32. The fourth-order valence-electron chi connectivity index (χ4n) is 2.22. The van der Waals surface area contributed by atoms with Gasteiger partial charge in [-0.15, -0.1) is 0 Å². The monoisotopic (exact) mass is 307 g/mol. The molecule has 0 unspecified atom stereocenters. The molecule has 0 radical (unpaired) electrons. The largest absolute Gasteiger partial charge is 0.329 e. The van der Waals surface area contributed by atoms with Crippen LogP contribution >= 0.6 is 11.3 Å². The molecule has 3 nitrogen and oxygen atoms in total. The number of hydrogen-bond donors (Lipinski definition) is 1. The second-order valence-corrected chi connectivity index (χ2v) is 5.60. The van der Waals surface area contributed by atoms with E-state index in [0.29, 0.717) is 17.6 Å². The minimum atomic E-state index is -0.860. The van der Waals surface area contributed by atoms with E-state index in [9.17, 15) is 8.78 Å². The smallest absolute Gasteiger partial charge is 0.161 e. The standard InChI is InChI=1S/C15H15F2N3S/c16-12-7-14-15(8-13(12)17)20(10-19-14)5-4-18-3-1-11-2-6-21-9-11/h2,6-10,18H,1,3-5H2. The highest BCUT2D eigenvalue weighted by molar-refractivity contribution is 7.07. The van der Waals surface area contributed by atoms with Crippen molar-refractivity contribution in [3.05, 3.63) is 52.5 Å². The van der Waals surface area contributed by atoms with Crippen molar-refractivity contribution < 1.29 is 8.78 Å². The molecule has 0 atom stereocenters. The van der Waals surface area contributed by atoms with E-state index in [1.54, 1.807) is 17.7 Å². The van der Waals surface area contributed by atoms with Gasteiger partial charge in [0, 0.05) is 25.2 Å². The maximum Gasteiger partial charge on any atom is 0.161 e. The van der Waals surface area contributed by atoms with Gasteiger partial charge < -0.3 is 9.88 Å². The Labute approximate surface area is 125 Å². The number of aromatic nitrogens is 2. The fourth-order valence-corrected chi connectivity index (χ4v) is 2.93. The van der Waals surface area contributed by atoms with Crippen molar-refractivity contribution in [2.45, 2.75) is 13.0 Å². The van der Waals surface area contributed by atoms with Gasteiger partial charge in [0.05, 0.1) is 17.4 Å². The number of fused-ring (bicyclic) bond motifs is 1. The van der Waals surface area contributed by atoms with Gasteiger partial charge in [-0.1, -0.05) is 0 Å². The van der Waals surface area contributed by atoms with Gasteiger partial charge in [-0.3, -0.25) is 0 Å². The maximum atomic E-state index is 13.3. The summed E-state index contributed by atoms with van der Waals surface area (Å²) in [5.41, 5.74) is 2.43. The van der Waals surface area contributed by atoms with E-state index in [1.165, 1.54) is 11.6 Å². The summed E-state index contributed by atoms with van der Waals surface area (Å²) >= 11 is 1.70. The molecule has 0 aliphatic heterocycles. The van der Waals surface area contributed by atoms with Gasteiger partial charge in [0.25, 0.3) is 0 Å². The van der Waals surface area contributed by atoms with Crippen LogP contribution in [0.2, 0.25) is 0 Å². The van der Waals surface area contributed by atoms with Crippen LogP contribution in [-0.2, 0) is 13.0 Å².